The molecule has 2 N–H and O–H groups in total. The summed E-state index contributed by atoms with van der Waals surface area (Å²) in [6.45, 7) is 6.96. The van der Waals surface area contributed by atoms with Crippen LogP contribution in [-0.2, 0) is 11.3 Å². The van der Waals surface area contributed by atoms with Gasteiger partial charge in [0.15, 0.2) is 0 Å². The summed E-state index contributed by atoms with van der Waals surface area (Å²) >= 11 is 0. The zero-order valence-electron chi connectivity index (χ0n) is 11.2. The average molecular weight is 253 g/mol. The topological polar surface area (TPSA) is 59.3 Å². The first-order valence-electron chi connectivity index (χ1n) is 6.69. The van der Waals surface area contributed by atoms with E-state index in [1.807, 2.05) is 17.1 Å². The lowest BCUT2D eigenvalue weighted by Crippen LogP contribution is -2.45. The van der Waals surface area contributed by atoms with Crippen molar-refractivity contribution in [1.29, 1.82) is 0 Å². The van der Waals surface area contributed by atoms with E-state index >= 15 is 0 Å². The molecule has 0 radical (unpaired) electrons. The molecule has 1 unspecified atom stereocenters. The van der Waals surface area contributed by atoms with Gasteiger partial charge in [-0.05, 0) is 13.8 Å². The number of nitrogens with one attached hydrogen (secondary N) is 1. The van der Waals surface area contributed by atoms with Gasteiger partial charge in [0.2, 0.25) is 0 Å². The Bertz CT molecular complexity index is 372. The lowest BCUT2D eigenvalue weighted by atomic mass is 9.94. The summed E-state index contributed by atoms with van der Waals surface area (Å²) in [5, 5.41) is 18.0. The zero-order valence-corrected chi connectivity index (χ0v) is 11.2. The first-order chi connectivity index (χ1) is 8.63. The quantitative estimate of drug-likeness (QED) is 0.825. The molecule has 5 nitrogen and oxygen atoms in total. The van der Waals surface area contributed by atoms with Crippen LogP contribution in [-0.4, -0.2) is 40.2 Å². The van der Waals surface area contributed by atoms with Crippen LogP contribution in [0, 0.1) is 0 Å². The number of rotatable bonds is 5. The van der Waals surface area contributed by atoms with Crippen LogP contribution in [0.2, 0.25) is 0 Å². The van der Waals surface area contributed by atoms with E-state index in [1.54, 1.807) is 0 Å². The van der Waals surface area contributed by atoms with Gasteiger partial charge in [-0.15, -0.1) is 0 Å². The van der Waals surface area contributed by atoms with Crippen LogP contribution in [0.1, 0.15) is 38.3 Å². The number of nitrogens with zero attached hydrogens (tertiary/aromatic N) is 2. The second kappa shape index (κ2) is 5.82. The Morgan fingerprint density at radius 3 is 2.89 bits per heavy atom. The molecule has 0 saturated carbocycles. The van der Waals surface area contributed by atoms with Crippen molar-refractivity contribution in [3.05, 3.63) is 18.0 Å². The van der Waals surface area contributed by atoms with Crippen molar-refractivity contribution < 1.29 is 9.84 Å². The van der Waals surface area contributed by atoms with E-state index in [0.717, 1.165) is 12.1 Å². The molecule has 1 fully saturated rings. The van der Waals surface area contributed by atoms with Crippen LogP contribution < -0.4 is 5.32 Å². The molecule has 1 aromatic heterocycles. The van der Waals surface area contributed by atoms with E-state index in [0.29, 0.717) is 32.6 Å². The summed E-state index contributed by atoms with van der Waals surface area (Å²) in [4.78, 5) is 0. The van der Waals surface area contributed by atoms with Gasteiger partial charge in [-0.1, -0.05) is 0 Å². The smallest absolute Gasteiger partial charge is 0.0815 e. The third-order valence-corrected chi connectivity index (χ3v) is 3.64. The second-order valence-electron chi connectivity index (χ2n) is 5.07. The Kier molecular flexibility index (Phi) is 4.37. The number of ether oxygens (including phenoxy) is 1. The number of hydrogen-bond acceptors (Lipinski definition) is 4. The molecule has 0 amide bonds. The SMILES string of the molecule is CCn1cc(C(C)NCC2(O)CCOCC2)cn1. The predicted octanol–water partition coefficient (Wildman–Crippen LogP) is 1.10. The van der Waals surface area contributed by atoms with E-state index < -0.39 is 5.60 Å². The Hall–Kier alpha value is -0.910. The number of aliphatic hydroxyl groups is 1. The largest absolute Gasteiger partial charge is 0.388 e. The summed E-state index contributed by atoms with van der Waals surface area (Å²) in [6, 6.07) is 0.206. The second-order valence-corrected chi connectivity index (χ2v) is 5.07. The van der Waals surface area contributed by atoms with Gasteiger partial charge in [0.25, 0.3) is 0 Å². The maximum absolute atomic E-state index is 10.4. The lowest BCUT2D eigenvalue weighted by Gasteiger charge is -2.33. The molecule has 1 saturated heterocycles. The maximum Gasteiger partial charge on any atom is 0.0815 e. The van der Waals surface area contributed by atoms with Gasteiger partial charge >= 0.3 is 0 Å². The predicted molar refractivity (Wildman–Crippen MR) is 69.3 cm³/mol. The molecule has 0 aromatic carbocycles. The van der Waals surface area contributed by atoms with Crippen LogP contribution in [0.4, 0.5) is 0 Å². The van der Waals surface area contributed by atoms with Gasteiger partial charge in [0.1, 0.15) is 0 Å². The average Bonchev–Trinajstić information content (AvgIpc) is 2.86. The molecule has 1 aliphatic rings. The Balaban J connectivity index is 1.85. The minimum Gasteiger partial charge on any atom is -0.388 e. The molecular weight excluding hydrogens is 230 g/mol. The van der Waals surface area contributed by atoms with Crippen LogP contribution in [0.25, 0.3) is 0 Å². The Labute approximate surface area is 108 Å². The Morgan fingerprint density at radius 1 is 1.56 bits per heavy atom. The van der Waals surface area contributed by atoms with Gasteiger partial charge in [-0.3, -0.25) is 4.68 Å². The molecule has 0 spiro atoms. The molecule has 1 aromatic rings. The third kappa shape index (κ3) is 3.31. The fraction of sp³-hybridized carbons (Fsp3) is 0.769. The molecule has 102 valence electrons. The standard InChI is InChI=1S/C13H23N3O2/c1-3-16-9-12(8-15-16)11(2)14-10-13(17)4-6-18-7-5-13/h8-9,11,14,17H,3-7,10H2,1-2H3. The van der Waals surface area contributed by atoms with E-state index in [9.17, 15) is 5.11 Å². The van der Waals surface area contributed by atoms with Gasteiger partial charge < -0.3 is 15.2 Å². The monoisotopic (exact) mass is 253 g/mol. The highest BCUT2D eigenvalue weighted by molar-refractivity contribution is 5.09. The van der Waals surface area contributed by atoms with Crippen molar-refractivity contribution in [3.8, 4) is 0 Å². The lowest BCUT2D eigenvalue weighted by molar-refractivity contribution is -0.0626. The number of aryl methyl sites for hydroxylation is 1. The van der Waals surface area contributed by atoms with Gasteiger partial charge in [0.05, 0.1) is 11.8 Å². The van der Waals surface area contributed by atoms with E-state index in [4.69, 9.17) is 4.74 Å². The molecule has 0 bridgehead atoms. The van der Waals surface area contributed by atoms with Gasteiger partial charge in [-0.25, -0.2) is 0 Å². The normalized spacial score (nSPS) is 20.8. The number of hydrogen-bond donors (Lipinski definition) is 2. The highest BCUT2D eigenvalue weighted by atomic mass is 16.5. The van der Waals surface area contributed by atoms with Crippen molar-refractivity contribution in [1.82, 2.24) is 15.1 Å². The third-order valence-electron chi connectivity index (χ3n) is 3.64. The van der Waals surface area contributed by atoms with E-state index in [-0.39, 0.29) is 6.04 Å². The molecule has 5 heteroatoms. The summed E-state index contributed by atoms with van der Waals surface area (Å²) in [5.74, 6) is 0. The Morgan fingerprint density at radius 2 is 2.28 bits per heavy atom. The van der Waals surface area contributed by atoms with Crippen molar-refractivity contribution >= 4 is 0 Å². The maximum atomic E-state index is 10.4. The molecule has 2 heterocycles. The molecular formula is C13H23N3O2. The van der Waals surface area contributed by atoms with Crippen LogP contribution in [0.3, 0.4) is 0 Å². The molecule has 1 atom stereocenters. The molecule has 1 aliphatic heterocycles. The fourth-order valence-corrected chi connectivity index (χ4v) is 2.17. The summed E-state index contributed by atoms with van der Waals surface area (Å²) < 4.78 is 7.19. The molecule has 2 rings (SSSR count). The summed E-state index contributed by atoms with van der Waals surface area (Å²) in [5.41, 5.74) is 0.542. The minimum atomic E-state index is -0.618. The van der Waals surface area contributed by atoms with Crippen LogP contribution >= 0.6 is 0 Å². The zero-order chi connectivity index (χ0) is 13.0. The van der Waals surface area contributed by atoms with Gasteiger partial charge in [0, 0.05) is 56.9 Å². The van der Waals surface area contributed by atoms with Crippen molar-refractivity contribution in [2.24, 2.45) is 0 Å². The van der Waals surface area contributed by atoms with Crippen molar-refractivity contribution in [2.75, 3.05) is 19.8 Å². The van der Waals surface area contributed by atoms with E-state index in [1.165, 1.54) is 0 Å². The number of aromatic nitrogens is 2. The summed E-state index contributed by atoms with van der Waals surface area (Å²) in [6.07, 6.45) is 5.35. The first-order valence-corrected chi connectivity index (χ1v) is 6.69. The summed E-state index contributed by atoms with van der Waals surface area (Å²) in [7, 11) is 0. The van der Waals surface area contributed by atoms with E-state index in [2.05, 4.69) is 24.3 Å². The minimum absolute atomic E-state index is 0.206. The van der Waals surface area contributed by atoms with Crippen molar-refractivity contribution in [3.63, 3.8) is 0 Å². The van der Waals surface area contributed by atoms with Gasteiger partial charge in [-0.2, -0.15) is 5.10 Å². The highest BCUT2D eigenvalue weighted by Crippen LogP contribution is 2.21. The highest BCUT2D eigenvalue weighted by Gasteiger charge is 2.29. The molecule has 18 heavy (non-hydrogen) atoms. The first kappa shape index (κ1) is 13.5. The van der Waals surface area contributed by atoms with Crippen molar-refractivity contribution in [2.45, 2.75) is 44.9 Å². The van der Waals surface area contributed by atoms with Crippen LogP contribution in [0.5, 0.6) is 0 Å². The fourth-order valence-electron chi connectivity index (χ4n) is 2.17. The van der Waals surface area contributed by atoms with Crippen LogP contribution in [0.15, 0.2) is 12.4 Å². The molecule has 0 aliphatic carbocycles.